The van der Waals surface area contributed by atoms with Crippen molar-refractivity contribution in [2.24, 2.45) is 0 Å². The van der Waals surface area contributed by atoms with Crippen LogP contribution in [0.2, 0.25) is 0 Å². The number of fused-ring (bicyclic) bond motifs is 1. The first-order valence-corrected chi connectivity index (χ1v) is 11.2. The van der Waals surface area contributed by atoms with E-state index in [2.05, 4.69) is 97.9 Å². The van der Waals surface area contributed by atoms with Gasteiger partial charge >= 0.3 is 0 Å². The fraction of sp³-hybridized carbons (Fsp3) is 0.143. The Balaban J connectivity index is 1.47. The summed E-state index contributed by atoms with van der Waals surface area (Å²) in [6, 6.07) is 31.1. The molecule has 0 nitrogen and oxygen atoms in total. The van der Waals surface area contributed by atoms with Crippen LogP contribution in [0.25, 0.3) is 33.2 Å². The van der Waals surface area contributed by atoms with E-state index in [4.69, 9.17) is 0 Å². The Morgan fingerprint density at radius 3 is 2.31 bits per heavy atom. The van der Waals surface area contributed by atoms with E-state index in [1.807, 2.05) is 11.3 Å². The highest BCUT2D eigenvalue weighted by Gasteiger charge is 2.19. The van der Waals surface area contributed by atoms with Crippen LogP contribution < -0.4 is 0 Å². The first-order chi connectivity index (χ1) is 14.3. The molecule has 1 aliphatic rings. The van der Waals surface area contributed by atoms with Gasteiger partial charge in [0, 0.05) is 9.75 Å². The number of hydrogen-bond donors (Lipinski definition) is 0. The van der Waals surface area contributed by atoms with E-state index >= 15 is 0 Å². The molecule has 0 radical (unpaired) electrons. The van der Waals surface area contributed by atoms with Gasteiger partial charge in [-0.3, -0.25) is 0 Å². The summed E-state index contributed by atoms with van der Waals surface area (Å²) in [5.41, 5.74) is 9.64. The summed E-state index contributed by atoms with van der Waals surface area (Å²) in [4.78, 5) is 2.72. The zero-order chi connectivity index (χ0) is 19.6. The molecule has 1 aliphatic carbocycles. The number of thiophene rings is 1. The van der Waals surface area contributed by atoms with E-state index < -0.39 is 0 Å². The first-order valence-electron chi connectivity index (χ1n) is 10.4. The molecule has 0 bridgehead atoms. The van der Waals surface area contributed by atoms with Crippen LogP contribution in [-0.4, -0.2) is 0 Å². The summed E-state index contributed by atoms with van der Waals surface area (Å²) in [5.74, 6) is 0. The highest BCUT2D eigenvalue weighted by molar-refractivity contribution is 7.16. The number of hydrogen-bond acceptors (Lipinski definition) is 1. The summed E-state index contributed by atoms with van der Waals surface area (Å²) < 4.78 is 0. The maximum absolute atomic E-state index is 2.41. The lowest BCUT2D eigenvalue weighted by Crippen LogP contribution is -1.88. The van der Waals surface area contributed by atoms with Crippen LogP contribution in [0, 0.1) is 0 Å². The molecule has 0 aliphatic heterocycles. The lowest BCUT2D eigenvalue weighted by molar-refractivity contribution is 0.922. The van der Waals surface area contributed by atoms with Crippen molar-refractivity contribution in [1.82, 2.24) is 0 Å². The van der Waals surface area contributed by atoms with Crippen molar-refractivity contribution in [1.29, 1.82) is 0 Å². The van der Waals surface area contributed by atoms with E-state index in [-0.39, 0.29) is 0 Å². The van der Waals surface area contributed by atoms with Gasteiger partial charge in [0.1, 0.15) is 0 Å². The standard InChI is InChI=1S/C28H24S/c1-2-7-20-12-14-21(15-13-20)25-11-6-10-23-18-24(19-26(23)25)28-17-16-27(29-28)22-8-4-3-5-9-22/h3-6,8-17,19H,2,7,18H2,1H3. The van der Waals surface area contributed by atoms with Gasteiger partial charge in [-0.05, 0) is 70.0 Å². The van der Waals surface area contributed by atoms with E-state index in [1.54, 1.807) is 0 Å². The monoisotopic (exact) mass is 392 g/mol. The Labute approximate surface area is 177 Å². The second-order valence-electron chi connectivity index (χ2n) is 7.70. The molecule has 0 N–H and O–H groups in total. The third-order valence-corrected chi connectivity index (χ3v) is 6.89. The zero-order valence-electron chi connectivity index (χ0n) is 16.7. The van der Waals surface area contributed by atoms with Gasteiger partial charge in [0.15, 0.2) is 0 Å². The summed E-state index contributed by atoms with van der Waals surface area (Å²) >= 11 is 1.89. The topological polar surface area (TPSA) is 0 Å². The third-order valence-electron chi connectivity index (χ3n) is 5.68. The molecular weight excluding hydrogens is 368 g/mol. The Kier molecular flexibility index (Phi) is 4.91. The summed E-state index contributed by atoms with van der Waals surface area (Å²) in [6.45, 7) is 2.23. The van der Waals surface area contributed by atoms with Gasteiger partial charge in [0.25, 0.3) is 0 Å². The summed E-state index contributed by atoms with van der Waals surface area (Å²) in [7, 11) is 0. The predicted octanol–water partition coefficient (Wildman–Crippen LogP) is 8.13. The van der Waals surface area contributed by atoms with Gasteiger partial charge in [-0.15, -0.1) is 11.3 Å². The second kappa shape index (κ2) is 7.85. The molecule has 0 spiro atoms. The molecule has 1 aromatic heterocycles. The first kappa shape index (κ1) is 18.1. The van der Waals surface area contributed by atoms with Gasteiger partial charge in [-0.25, -0.2) is 0 Å². The largest absolute Gasteiger partial charge is 0.136 e. The maximum atomic E-state index is 2.41. The minimum Gasteiger partial charge on any atom is -0.136 e. The molecule has 0 fully saturated rings. The number of allylic oxidation sites excluding steroid dienone is 1. The molecule has 1 heteroatoms. The van der Waals surface area contributed by atoms with Crippen molar-refractivity contribution >= 4 is 23.0 Å². The van der Waals surface area contributed by atoms with E-state index in [0.717, 1.165) is 12.8 Å². The van der Waals surface area contributed by atoms with Crippen molar-refractivity contribution in [2.75, 3.05) is 0 Å². The highest BCUT2D eigenvalue weighted by atomic mass is 32.1. The molecule has 4 aromatic rings. The molecule has 3 aromatic carbocycles. The smallest absolute Gasteiger partial charge is 0.0349 e. The van der Waals surface area contributed by atoms with Crippen LogP contribution in [0.3, 0.4) is 0 Å². The Hall–Kier alpha value is -2.90. The fourth-order valence-electron chi connectivity index (χ4n) is 4.19. The Bertz CT molecular complexity index is 1160. The maximum Gasteiger partial charge on any atom is 0.0349 e. The van der Waals surface area contributed by atoms with Gasteiger partial charge in [0.05, 0.1) is 0 Å². The molecule has 5 rings (SSSR count). The SMILES string of the molecule is CCCc1ccc(-c2cccc3c2C=C(c2ccc(-c4ccccc4)s2)C3)cc1. The molecule has 0 saturated carbocycles. The number of rotatable bonds is 5. The molecular formula is C28H24S. The predicted molar refractivity (Wildman–Crippen MR) is 127 cm³/mol. The number of benzene rings is 3. The van der Waals surface area contributed by atoms with Crippen LogP contribution in [0.4, 0.5) is 0 Å². The fourth-order valence-corrected chi connectivity index (χ4v) is 5.21. The molecule has 0 saturated heterocycles. The number of aryl methyl sites for hydroxylation is 1. The average molecular weight is 393 g/mol. The van der Waals surface area contributed by atoms with E-state index in [1.165, 1.54) is 55.1 Å². The average Bonchev–Trinajstić information content (AvgIpc) is 3.42. The zero-order valence-corrected chi connectivity index (χ0v) is 17.5. The van der Waals surface area contributed by atoms with Crippen LogP contribution in [-0.2, 0) is 12.8 Å². The van der Waals surface area contributed by atoms with E-state index in [0.29, 0.717) is 0 Å². The van der Waals surface area contributed by atoms with Crippen molar-refractivity contribution in [3.8, 4) is 21.6 Å². The summed E-state index contributed by atoms with van der Waals surface area (Å²) in [5, 5.41) is 0. The molecule has 29 heavy (non-hydrogen) atoms. The van der Waals surface area contributed by atoms with Gasteiger partial charge in [0.2, 0.25) is 0 Å². The lowest BCUT2D eigenvalue weighted by atomic mass is 9.96. The molecule has 0 unspecified atom stereocenters. The normalized spacial score (nSPS) is 12.7. The van der Waals surface area contributed by atoms with Crippen molar-refractivity contribution < 1.29 is 0 Å². The summed E-state index contributed by atoms with van der Waals surface area (Å²) in [6.07, 6.45) is 5.77. The second-order valence-corrected chi connectivity index (χ2v) is 8.79. The van der Waals surface area contributed by atoms with Crippen LogP contribution in [0.5, 0.6) is 0 Å². The molecule has 142 valence electrons. The van der Waals surface area contributed by atoms with Crippen LogP contribution >= 0.6 is 11.3 Å². The minimum absolute atomic E-state index is 1.02. The minimum atomic E-state index is 1.02. The molecule has 0 amide bonds. The van der Waals surface area contributed by atoms with Crippen molar-refractivity contribution in [3.05, 3.63) is 106 Å². The Morgan fingerprint density at radius 1 is 0.724 bits per heavy atom. The lowest BCUT2D eigenvalue weighted by Gasteiger charge is -2.08. The highest BCUT2D eigenvalue weighted by Crippen LogP contribution is 2.41. The molecule has 1 heterocycles. The Morgan fingerprint density at radius 2 is 1.52 bits per heavy atom. The third kappa shape index (κ3) is 3.59. The van der Waals surface area contributed by atoms with Crippen molar-refractivity contribution in [2.45, 2.75) is 26.2 Å². The van der Waals surface area contributed by atoms with Gasteiger partial charge in [-0.1, -0.05) is 86.1 Å². The quantitative estimate of drug-likeness (QED) is 0.321. The van der Waals surface area contributed by atoms with Gasteiger partial charge < -0.3 is 0 Å². The van der Waals surface area contributed by atoms with Crippen LogP contribution in [0.15, 0.2) is 84.9 Å². The van der Waals surface area contributed by atoms with E-state index in [9.17, 15) is 0 Å². The van der Waals surface area contributed by atoms with Gasteiger partial charge in [-0.2, -0.15) is 0 Å². The van der Waals surface area contributed by atoms with Crippen molar-refractivity contribution in [3.63, 3.8) is 0 Å². The molecule has 0 atom stereocenters. The van der Waals surface area contributed by atoms with Crippen LogP contribution in [0.1, 0.15) is 34.9 Å².